The molecular formula is C36H51N9O5. The Balaban J connectivity index is 1.06. The first kappa shape index (κ1) is 33.4. The first-order valence-corrected chi connectivity index (χ1v) is 18.5. The van der Waals surface area contributed by atoms with E-state index in [1.165, 1.54) is 0 Å². The molecule has 0 radical (unpaired) electrons. The molecule has 14 nitrogen and oxygen atoms in total. The molecule has 3 aromatic heterocycles. The molecule has 270 valence electrons. The van der Waals surface area contributed by atoms with Crippen LogP contribution in [0.4, 0.5) is 27.9 Å². The number of rotatable bonds is 5. The number of piperidine rings is 1. The van der Waals surface area contributed by atoms with Gasteiger partial charge in [0.05, 0.1) is 42.4 Å². The predicted octanol–water partition coefficient (Wildman–Crippen LogP) is 4.47. The molecule has 1 unspecified atom stereocenters. The fraction of sp³-hybridized carbons (Fsp3) is 0.694. The summed E-state index contributed by atoms with van der Waals surface area (Å²) >= 11 is 0. The Bertz CT molecular complexity index is 1710. The highest BCUT2D eigenvalue weighted by Crippen LogP contribution is 2.44. The Kier molecular flexibility index (Phi) is 8.75. The van der Waals surface area contributed by atoms with E-state index in [1.54, 1.807) is 0 Å². The van der Waals surface area contributed by atoms with E-state index in [2.05, 4.69) is 32.1 Å². The monoisotopic (exact) mass is 689 g/mol. The summed E-state index contributed by atoms with van der Waals surface area (Å²) in [5, 5.41) is 18.4. The number of aliphatic hydroxyl groups is 1. The van der Waals surface area contributed by atoms with Gasteiger partial charge >= 0.3 is 6.09 Å². The van der Waals surface area contributed by atoms with Crippen LogP contribution in [0.3, 0.4) is 0 Å². The molecule has 4 fully saturated rings. The molecule has 4 saturated heterocycles. The van der Waals surface area contributed by atoms with E-state index in [0.717, 1.165) is 118 Å². The second-order valence-electron chi connectivity index (χ2n) is 15.8. The third kappa shape index (κ3) is 6.34. The van der Waals surface area contributed by atoms with Crippen LogP contribution in [-0.2, 0) is 20.6 Å². The van der Waals surface area contributed by atoms with Crippen molar-refractivity contribution in [2.75, 3.05) is 60.6 Å². The standard InChI is InChI=1S/C36H51N9O5/c1-23-31(40-34(47)50-35(2,3)4)36(22-49-23)13-17-42(18-14-36)28-20-37-30-32(39-28)45(29-9-5-6-19-48-29)41-33(30)44-15-7-8-25-26(44)10-11-27(38-25)43-16-12-24(46)21-43/h10-11,20,23-24,29,31,46H,5-9,12-19,21-22H2,1-4H3,(H,40,47)/t23-,24-,29?,31+/m0/s1. The van der Waals surface area contributed by atoms with Gasteiger partial charge in [-0.2, -0.15) is 0 Å². The first-order valence-electron chi connectivity index (χ1n) is 18.5. The number of hydrogen-bond acceptors (Lipinski definition) is 12. The molecule has 0 aliphatic carbocycles. The lowest BCUT2D eigenvalue weighted by Gasteiger charge is -2.42. The summed E-state index contributed by atoms with van der Waals surface area (Å²) in [5.74, 6) is 2.52. The summed E-state index contributed by atoms with van der Waals surface area (Å²) < 4.78 is 19.9. The van der Waals surface area contributed by atoms with Crippen molar-refractivity contribution in [2.45, 2.75) is 109 Å². The molecule has 0 saturated carbocycles. The Morgan fingerprint density at radius 2 is 1.86 bits per heavy atom. The van der Waals surface area contributed by atoms with E-state index in [-0.39, 0.29) is 29.9 Å². The number of alkyl carbamates (subject to hydrolysis) is 1. The SMILES string of the molecule is C[C@@H]1OCC2(CCN(c3cnc4c(N5CCCc6nc(N7CC[C@H](O)C7)ccc65)nn(C5CCCCO5)c4n3)CC2)[C@@H]1NC(=O)OC(C)(C)C. The predicted molar refractivity (Wildman–Crippen MR) is 189 cm³/mol. The van der Waals surface area contributed by atoms with Gasteiger partial charge in [-0.3, -0.25) is 0 Å². The Labute approximate surface area is 293 Å². The highest BCUT2D eigenvalue weighted by Gasteiger charge is 2.50. The molecule has 50 heavy (non-hydrogen) atoms. The maximum absolute atomic E-state index is 12.8. The van der Waals surface area contributed by atoms with Gasteiger partial charge in [0.2, 0.25) is 0 Å². The van der Waals surface area contributed by atoms with E-state index in [0.29, 0.717) is 19.8 Å². The molecular weight excluding hydrogens is 638 g/mol. The van der Waals surface area contributed by atoms with Crippen LogP contribution in [0.1, 0.15) is 84.6 Å². The number of nitrogens with one attached hydrogen (secondary N) is 1. The van der Waals surface area contributed by atoms with Gasteiger partial charge in [0.25, 0.3) is 0 Å². The Morgan fingerprint density at radius 1 is 1.02 bits per heavy atom. The van der Waals surface area contributed by atoms with Gasteiger partial charge in [-0.25, -0.2) is 24.4 Å². The number of anilines is 4. The zero-order valence-electron chi connectivity index (χ0n) is 29.8. The fourth-order valence-electron chi connectivity index (χ4n) is 8.44. The van der Waals surface area contributed by atoms with E-state index in [1.807, 2.05) is 38.6 Å². The molecule has 5 aliphatic rings. The summed E-state index contributed by atoms with van der Waals surface area (Å²) in [5.41, 5.74) is 2.85. The number of carbonyl (C=O) groups excluding carboxylic acids is 1. The maximum atomic E-state index is 12.8. The number of β-amino-alcohol motifs (C(OH)–C–C–N with tert-alkyl or cyclic N) is 1. The normalized spacial score (nSPS) is 26.9. The van der Waals surface area contributed by atoms with Gasteiger partial charge < -0.3 is 39.3 Å². The third-order valence-electron chi connectivity index (χ3n) is 11.1. The molecule has 0 bridgehead atoms. The van der Waals surface area contributed by atoms with Crippen molar-refractivity contribution in [1.29, 1.82) is 0 Å². The van der Waals surface area contributed by atoms with Crippen LogP contribution < -0.4 is 20.0 Å². The lowest BCUT2D eigenvalue weighted by Crippen LogP contribution is -2.55. The average molecular weight is 690 g/mol. The molecule has 1 amide bonds. The molecule has 3 aromatic rings. The van der Waals surface area contributed by atoms with Crippen LogP contribution in [-0.4, -0.2) is 106 Å². The number of pyridine rings is 1. The highest BCUT2D eigenvalue weighted by atomic mass is 16.6. The molecule has 8 rings (SSSR count). The van der Waals surface area contributed by atoms with E-state index in [9.17, 15) is 9.90 Å². The minimum atomic E-state index is -0.563. The first-order chi connectivity index (χ1) is 24.1. The molecule has 1 spiro atoms. The van der Waals surface area contributed by atoms with Crippen LogP contribution in [0.5, 0.6) is 0 Å². The minimum absolute atomic E-state index is 0.0942. The van der Waals surface area contributed by atoms with Gasteiger partial charge in [-0.05, 0) is 91.2 Å². The number of carbonyl (C=O) groups is 1. The van der Waals surface area contributed by atoms with Crippen molar-refractivity contribution in [2.24, 2.45) is 5.41 Å². The number of amides is 1. The lowest BCUT2D eigenvalue weighted by atomic mass is 9.73. The third-order valence-corrected chi connectivity index (χ3v) is 11.1. The highest BCUT2D eigenvalue weighted by molar-refractivity contribution is 5.88. The van der Waals surface area contributed by atoms with Crippen molar-refractivity contribution in [1.82, 2.24) is 30.0 Å². The van der Waals surface area contributed by atoms with Crippen molar-refractivity contribution in [3.63, 3.8) is 0 Å². The minimum Gasteiger partial charge on any atom is -0.444 e. The van der Waals surface area contributed by atoms with E-state index < -0.39 is 11.7 Å². The second-order valence-corrected chi connectivity index (χ2v) is 15.8. The summed E-state index contributed by atoms with van der Waals surface area (Å²) in [6, 6.07) is 4.09. The van der Waals surface area contributed by atoms with Gasteiger partial charge in [0.1, 0.15) is 17.2 Å². The van der Waals surface area contributed by atoms with Crippen molar-refractivity contribution in [3.05, 3.63) is 24.0 Å². The van der Waals surface area contributed by atoms with Crippen LogP contribution >= 0.6 is 0 Å². The largest absolute Gasteiger partial charge is 0.444 e. The number of aromatic nitrogens is 5. The average Bonchev–Trinajstić information content (AvgIpc) is 3.80. The van der Waals surface area contributed by atoms with E-state index >= 15 is 0 Å². The van der Waals surface area contributed by atoms with Crippen molar-refractivity contribution < 1.29 is 24.1 Å². The Morgan fingerprint density at radius 3 is 2.60 bits per heavy atom. The topological polar surface area (TPSA) is 143 Å². The number of aliphatic hydroxyl groups excluding tert-OH is 1. The molecule has 4 atom stereocenters. The lowest BCUT2D eigenvalue weighted by molar-refractivity contribution is -0.0368. The zero-order valence-corrected chi connectivity index (χ0v) is 29.8. The second kappa shape index (κ2) is 13.1. The van der Waals surface area contributed by atoms with Crippen molar-refractivity contribution in [3.8, 4) is 0 Å². The number of hydrogen-bond donors (Lipinski definition) is 2. The summed E-state index contributed by atoms with van der Waals surface area (Å²) in [4.78, 5) is 34.8. The quantitative estimate of drug-likeness (QED) is 0.390. The van der Waals surface area contributed by atoms with Crippen molar-refractivity contribution >= 4 is 40.4 Å². The van der Waals surface area contributed by atoms with Crippen LogP contribution in [0.25, 0.3) is 11.2 Å². The zero-order chi connectivity index (χ0) is 34.6. The van der Waals surface area contributed by atoms with Crippen LogP contribution in [0.15, 0.2) is 18.3 Å². The molecule has 2 N–H and O–H groups in total. The van der Waals surface area contributed by atoms with Gasteiger partial charge in [-0.1, -0.05) is 0 Å². The summed E-state index contributed by atoms with van der Waals surface area (Å²) in [6.07, 6.45) is 8.21. The summed E-state index contributed by atoms with van der Waals surface area (Å²) in [7, 11) is 0. The summed E-state index contributed by atoms with van der Waals surface area (Å²) in [6.45, 7) is 12.8. The molecule has 8 heterocycles. The smallest absolute Gasteiger partial charge is 0.407 e. The number of nitrogens with zero attached hydrogens (tertiary/aromatic N) is 8. The number of ether oxygens (including phenoxy) is 3. The van der Waals surface area contributed by atoms with Gasteiger partial charge in [-0.15, -0.1) is 5.10 Å². The van der Waals surface area contributed by atoms with Crippen LogP contribution in [0.2, 0.25) is 0 Å². The molecule has 14 heteroatoms. The Hall–Kier alpha value is -3.75. The fourth-order valence-corrected chi connectivity index (χ4v) is 8.44. The van der Waals surface area contributed by atoms with E-state index in [4.69, 9.17) is 34.3 Å². The molecule has 5 aliphatic heterocycles. The van der Waals surface area contributed by atoms with Gasteiger partial charge in [0, 0.05) is 44.7 Å². The van der Waals surface area contributed by atoms with Gasteiger partial charge in [0.15, 0.2) is 23.2 Å². The number of aryl methyl sites for hydroxylation is 1. The molecule has 0 aromatic carbocycles. The number of fused-ring (bicyclic) bond motifs is 2. The van der Waals surface area contributed by atoms with Crippen LogP contribution in [0, 0.1) is 5.41 Å². The maximum Gasteiger partial charge on any atom is 0.407 e.